The average Bonchev–Trinajstić information content (AvgIpc) is 2.91. The molecule has 5 heteroatoms. The Bertz CT molecular complexity index is 747. The van der Waals surface area contributed by atoms with Gasteiger partial charge in [0, 0.05) is 11.9 Å². The van der Waals surface area contributed by atoms with Gasteiger partial charge in [-0.15, -0.1) is 11.3 Å². The smallest absolute Gasteiger partial charge is 0.263 e. The van der Waals surface area contributed by atoms with Crippen LogP contribution in [0.5, 0.6) is 11.5 Å². The minimum absolute atomic E-state index is 0.0838. The number of thiophene rings is 1. The number of amides is 1. The van der Waals surface area contributed by atoms with Gasteiger partial charge in [0.1, 0.15) is 6.61 Å². The predicted molar refractivity (Wildman–Crippen MR) is 98.9 cm³/mol. The first-order valence-corrected chi connectivity index (χ1v) is 9.78. The van der Waals surface area contributed by atoms with Gasteiger partial charge < -0.3 is 14.4 Å². The van der Waals surface area contributed by atoms with E-state index in [0.29, 0.717) is 13.2 Å². The van der Waals surface area contributed by atoms with Crippen molar-refractivity contribution in [3.63, 3.8) is 0 Å². The lowest BCUT2D eigenvalue weighted by Crippen LogP contribution is -2.41. The molecule has 0 spiro atoms. The molecule has 0 saturated heterocycles. The molecule has 0 radical (unpaired) electrons. The van der Waals surface area contributed by atoms with E-state index in [1.165, 1.54) is 29.7 Å². The van der Waals surface area contributed by atoms with E-state index in [9.17, 15) is 4.79 Å². The molecule has 1 atom stereocenters. The SMILES string of the molecule is CN(C[C@@H]1COc2ccccc2O1)C(=O)c1cc2c(s1)CCCCC2. The predicted octanol–water partition coefficient (Wildman–Crippen LogP) is 3.93. The number of para-hydroxylation sites is 2. The summed E-state index contributed by atoms with van der Waals surface area (Å²) in [4.78, 5) is 16.8. The Balaban J connectivity index is 1.41. The molecule has 1 aliphatic carbocycles. The lowest BCUT2D eigenvalue weighted by molar-refractivity contribution is 0.0524. The zero-order valence-electron chi connectivity index (χ0n) is 14.5. The lowest BCUT2D eigenvalue weighted by Gasteiger charge is -2.29. The van der Waals surface area contributed by atoms with Crippen LogP contribution < -0.4 is 9.47 Å². The Morgan fingerprint density at radius 3 is 2.88 bits per heavy atom. The van der Waals surface area contributed by atoms with Crippen LogP contribution in [0.15, 0.2) is 30.3 Å². The van der Waals surface area contributed by atoms with E-state index in [1.54, 1.807) is 16.2 Å². The molecule has 1 aliphatic heterocycles. The molecule has 25 heavy (non-hydrogen) atoms. The first-order valence-electron chi connectivity index (χ1n) is 8.96. The molecular weight excluding hydrogens is 334 g/mol. The maximum absolute atomic E-state index is 12.8. The number of benzene rings is 1. The molecule has 132 valence electrons. The maximum Gasteiger partial charge on any atom is 0.263 e. The Labute approximate surface area is 152 Å². The topological polar surface area (TPSA) is 38.8 Å². The van der Waals surface area contributed by atoms with Gasteiger partial charge in [-0.05, 0) is 49.4 Å². The third-order valence-electron chi connectivity index (χ3n) is 4.85. The summed E-state index contributed by atoms with van der Waals surface area (Å²) in [7, 11) is 1.84. The molecule has 0 fully saturated rings. The van der Waals surface area contributed by atoms with E-state index in [2.05, 4.69) is 6.07 Å². The first-order chi connectivity index (χ1) is 12.2. The van der Waals surface area contributed by atoms with E-state index in [0.717, 1.165) is 29.2 Å². The molecule has 4 rings (SSSR count). The number of ether oxygens (including phenoxy) is 2. The Kier molecular flexibility index (Phi) is 4.66. The average molecular weight is 357 g/mol. The Morgan fingerprint density at radius 1 is 1.20 bits per heavy atom. The van der Waals surface area contributed by atoms with E-state index in [1.807, 2.05) is 31.3 Å². The van der Waals surface area contributed by atoms with E-state index < -0.39 is 0 Å². The number of aryl methyl sites for hydroxylation is 2. The molecule has 2 aliphatic rings. The van der Waals surface area contributed by atoms with Crippen LogP contribution in [-0.4, -0.2) is 37.1 Å². The molecule has 1 amide bonds. The number of nitrogens with zero attached hydrogens (tertiary/aromatic N) is 1. The Morgan fingerprint density at radius 2 is 2.00 bits per heavy atom. The standard InChI is InChI=1S/C20H23NO3S/c1-21(12-15-13-23-16-8-5-6-9-17(16)24-15)20(22)19-11-14-7-3-2-4-10-18(14)25-19/h5-6,8-9,11,15H,2-4,7,10,12-13H2,1H3/t15-/m1/s1. The van der Waals surface area contributed by atoms with Crippen LogP contribution in [0.25, 0.3) is 0 Å². The van der Waals surface area contributed by atoms with Crippen molar-refractivity contribution in [1.29, 1.82) is 0 Å². The first kappa shape index (κ1) is 16.5. The summed E-state index contributed by atoms with van der Waals surface area (Å²) >= 11 is 1.67. The van der Waals surface area contributed by atoms with Gasteiger partial charge in [-0.2, -0.15) is 0 Å². The van der Waals surface area contributed by atoms with Crippen LogP contribution >= 0.6 is 11.3 Å². The number of hydrogen-bond donors (Lipinski definition) is 0. The second-order valence-electron chi connectivity index (χ2n) is 6.80. The molecule has 0 saturated carbocycles. The zero-order valence-corrected chi connectivity index (χ0v) is 15.3. The summed E-state index contributed by atoms with van der Waals surface area (Å²) in [5.74, 6) is 1.61. The van der Waals surface area contributed by atoms with Crippen molar-refractivity contribution in [3.8, 4) is 11.5 Å². The number of hydrogen-bond acceptors (Lipinski definition) is 4. The second kappa shape index (κ2) is 7.08. The highest BCUT2D eigenvalue weighted by molar-refractivity contribution is 7.14. The fourth-order valence-corrected chi connectivity index (χ4v) is 4.75. The quantitative estimate of drug-likeness (QED) is 0.781. The van der Waals surface area contributed by atoms with E-state index in [-0.39, 0.29) is 12.0 Å². The highest BCUT2D eigenvalue weighted by Crippen LogP contribution is 2.32. The molecule has 2 heterocycles. The molecule has 1 aromatic heterocycles. The highest BCUT2D eigenvalue weighted by atomic mass is 32.1. The van der Waals surface area contributed by atoms with Crippen LogP contribution in [0.1, 0.15) is 39.4 Å². The molecule has 0 unspecified atom stereocenters. The normalized spacial score (nSPS) is 19.0. The number of carbonyl (C=O) groups excluding carboxylic acids is 1. The third kappa shape index (κ3) is 3.52. The van der Waals surface area contributed by atoms with Crippen molar-refractivity contribution >= 4 is 17.2 Å². The number of likely N-dealkylation sites (N-methyl/N-ethyl adjacent to an activating group) is 1. The summed E-state index contributed by atoms with van der Waals surface area (Å²) in [6.45, 7) is 0.991. The zero-order chi connectivity index (χ0) is 17.2. The monoisotopic (exact) mass is 357 g/mol. The van der Waals surface area contributed by atoms with Crippen molar-refractivity contribution in [2.45, 2.75) is 38.2 Å². The van der Waals surface area contributed by atoms with Crippen LogP contribution in [0.3, 0.4) is 0 Å². The maximum atomic E-state index is 12.8. The summed E-state index contributed by atoms with van der Waals surface area (Å²) < 4.78 is 11.7. The van der Waals surface area contributed by atoms with Gasteiger partial charge in [0.05, 0.1) is 11.4 Å². The minimum Gasteiger partial charge on any atom is -0.486 e. The largest absolute Gasteiger partial charge is 0.486 e. The van der Waals surface area contributed by atoms with Crippen LogP contribution in [-0.2, 0) is 12.8 Å². The highest BCUT2D eigenvalue weighted by Gasteiger charge is 2.25. The van der Waals surface area contributed by atoms with Crippen molar-refractivity contribution in [3.05, 3.63) is 45.6 Å². The summed E-state index contributed by atoms with van der Waals surface area (Å²) in [5, 5.41) is 0. The van der Waals surface area contributed by atoms with Crippen LogP contribution in [0, 0.1) is 0 Å². The fourth-order valence-electron chi connectivity index (χ4n) is 3.50. The minimum atomic E-state index is -0.137. The molecule has 1 aromatic carbocycles. The van der Waals surface area contributed by atoms with Gasteiger partial charge in [-0.3, -0.25) is 4.79 Å². The summed E-state index contributed by atoms with van der Waals surface area (Å²) in [6, 6.07) is 9.77. The molecule has 2 aromatic rings. The fraction of sp³-hybridized carbons (Fsp3) is 0.450. The molecule has 0 N–H and O–H groups in total. The molecular formula is C20H23NO3S. The van der Waals surface area contributed by atoms with E-state index >= 15 is 0 Å². The number of rotatable bonds is 3. The number of fused-ring (bicyclic) bond motifs is 2. The molecule has 0 bridgehead atoms. The van der Waals surface area contributed by atoms with Crippen molar-refractivity contribution in [1.82, 2.24) is 4.90 Å². The molecule has 4 nitrogen and oxygen atoms in total. The van der Waals surface area contributed by atoms with E-state index in [4.69, 9.17) is 9.47 Å². The summed E-state index contributed by atoms with van der Waals surface area (Å²) in [6.07, 6.45) is 5.86. The number of carbonyl (C=O) groups is 1. The third-order valence-corrected chi connectivity index (χ3v) is 6.07. The van der Waals surface area contributed by atoms with Crippen molar-refractivity contribution in [2.75, 3.05) is 20.2 Å². The second-order valence-corrected chi connectivity index (χ2v) is 7.94. The van der Waals surface area contributed by atoms with Gasteiger partial charge in [0.25, 0.3) is 5.91 Å². The van der Waals surface area contributed by atoms with Crippen LogP contribution in [0.2, 0.25) is 0 Å². The van der Waals surface area contributed by atoms with Gasteiger partial charge >= 0.3 is 0 Å². The van der Waals surface area contributed by atoms with Gasteiger partial charge in [-0.1, -0.05) is 18.6 Å². The van der Waals surface area contributed by atoms with Crippen LogP contribution in [0.4, 0.5) is 0 Å². The van der Waals surface area contributed by atoms with Crippen molar-refractivity contribution < 1.29 is 14.3 Å². The summed E-state index contributed by atoms with van der Waals surface area (Å²) in [5.41, 5.74) is 1.38. The lowest BCUT2D eigenvalue weighted by atomic mass is 10.1. The Hall–Kier alpha value is -2.01. The van der Waals surface area contributed by atoms with Gasteiger partial charge in [-0.25, -0.2) is 0 Å². The van der Waals surface area contributed by atoms with Gasteiger partial charge in [0.15, 0.2) is 17.6 Å². The van der Waals surface area contributed by atoms with Gasteiger partial charge in [0.2, 0.25) is 0 Å². The van der Waals surface area contributed by atoms with Crippen molar-refractivity contribution in [2.24, 2.45) is 0 Å².